The topological polar surface area (TPSA) is 83.8 Å². The average Bonchev–Trinajstić information content (AvgIpc) is 2.38. The van der Waals surface area contributed by atoms with E-state index in [0.29, 0.717) is 23.9 Å². The SMILES string of the molecule is CCCCCCC(O)CCC(=O)OC(CC(=O)O)C[N+](C)(C)C. The molecule has 0 aromatic carbocycles. The van der Waals surface area contributed by atoms with Crippen LogP contribution in [0.25, 0.3) is 0 Å². The lowest BCUT2D eigenvalue weighted by molar-refractivity contribution is -0.873. The van der Waals surface area contributed by atoms with Crippen molar-refractivity contribution in [3.05, 3.63) is 0 Å². The Labute approximate surface area is 140 Å². The third kappa shape index (κ3) is 14.2. The smallest absolute Gasteiger partial charge is 0.307 e. The first-order chi connectivity index (χ1) is 10.6. The van der Waals surface area contributed by atoms with Crippen molar-refractivity contribution in [1.82, 2.24) is 0 Å². The lowest BCUT2D eigenvalue weighted by Crippen LogP contribution is -2.43. The van der Waals surface area contributed by atoms with E-state index in [2.05, 4.69) is 6.92 Å². The van der Waals surface area contributed by atoms with E-state index in [1.165, 1.54) is 0 Å². The molecule has 2 N–H and O–H groups in total. The molecular formula is C17H34NO5+. The van der Waals surface area contributed by atoms with Crippen LogP contribution in [0.15, 0.2) is 0 Å². The van der Waals surface area contributed by atoms with E-state index in [9.17, 15) is 14.7 Å². The number of carboxylic acids is 1. The molecule has 0 bridgehead atoms. The van der Waals surface area contributed by atoms with Gasteiger partial charge in [0, 0.05) is 6.42 Å². The number of aliphatic hydroxyl groups excluding tert-OH is 1. The Morgan fingerprint density at radius 2 is 1.74 bits per heavy atom. The number of carboxylic acid groups (broad SMARTS) is 1. The second-order valence-electron chi connectivity index (χ2n) is 7.22. The number of quaternary nitrogens is 1. The summed E-state index contributed by atoms with van der Waals surface area (Å²) in [4.78, 5) is 22.7. The van der Waals surface area contributed by atoms with E-state index in [0.717, 1.165) is 25.7 Å². The largest absolute Gasteiger partial charge is 0.481 e. The fourth-order valence-corrected chi connectivity index (χ4v) is 2.43. The van der Waals surface area contributed by atoms with Crippen molar-refractivity contribution < 1.29 is 29.0 Å². The number of likely N-dealkylation sites (N-methyl/N-ethyl adjacent to an activating group) is 1. The van der Waals surface area contributed by atoms with Gasteiger partial charge in [-0.05, 0) is 12.8 Å². The summed E-state index contributed by atoms with van der Waals surface area (Å²) < 4.78 is 5.80. The Morgan fingerprint density at radius 3 is 2.26 bits per heavy atom. The minimum Gasteiger partial charge on any atom is -0.481 e. The monoisotopic (exact) mass is 332 g/mol. The molecule has 0 radical (unpaired) electrons. The van der Waals surface area contributed by atoms with Crippen molar-refractivity contribution in [3.8, 4) is 0 Å². The van der Waals surface area contributed by atoms with Crippen LogP contribution >= 0.6 is 0 Å². The molecule has 0 aliphatic rings. The molecule has 0 rings (SSSR count). The van der Waals surface area contributed by atoms with Gasteiger partial charge in [-0.2, -0.15) is 0 Å². The number of nitrogens with zero attached hydrogens (tertiary/aromatic N) is 1. The van der Waals surface area contributed by atoms with Crippen molar-refractivity contribution in [3.63, 3.8) is 0 Å². The normalized spacial score (nSPS) is 14.3. The summed E-state index contributed by atoms with van der Waals surface area (Å²) in [5, 5.41) is 18.8. The quantitative estimate of drug-likeness (QED) is 0.307. The molecule has 0 aromatic heterocycles. The van der Waals surface area contributed by atoms with Gasteiger partial charge in [-0.1, -0.05) is 32.6 Å². The van der Waals surface area contributed by atoms with Crippen LogP contribution in [0, 0.1) is 0 Å². The summed E-state index contributed by atoms with van der Waals surface area (Å²) in [7, 11) is 5.76. The Balaban J connectivity index is 4.13. The highest BCUT2D eigenvalue weighted by atomic mass is 16.5. The number of hydrogen-bond donors (Lipinski definition) is 2. The number of carbonyl (C=O) groups excluding carboxylic acids is 1. The standard InChI is InChI=1S/C17H33NO5/c1-5-6-7-8-9-14(19)10-11-17(22)23-15(12-16(20)21)13-18(2,3)4/h14-15,19H,5-13H2,1-4H3/p+1. The van der Waals surface area contributed by atoms with Gasteiger partial charge in [-0.25, -0.2) is 0 Å². The van der Waals surface area contributed by atoms with Gasteiger partial charge in [0.05, 0.1) is 33.7 Å². The zero-order valence-electron chi connectivity index (χ0n) is 15.1. The molecule has 0 aromatic rings. The lowest BCUT2D eigenvalue weighted by Gasteiger charge is -2.28. The van der Waals surface area contributed by atoms with Gasteiger partial charge in [-0.15, -0.1) is 0 Å². The van der Waals surface area contributed by atoms with Crippen LogP contribution in [-0.4, -0.2) is 66.5 Å². The van der Waals surface area contributed by atoms with Gasteiger partial charge in [0.1, 0.15) is 6.54 Å². The average molecular weight is 332 g/mol. The molecule has 0 aliphatic heterocycles. The van der Waals surface area contributed by atoms with E-state index in [-0.39, 0.29) is 12.8 Å². The number of aliphatic carboxylic acids is 1. The molecule has 0 heterocycles. The predicted molar refractivity (Wildman–Crippen MR) is 89.0 cm³/mol. The van der Waals surface area contributed by atoms with Crippen molar-refractivity contribution in [1.29, 1.82) is 0 Å². The second kappa shape index (κ2) is 11.4. The Morgan fingerprint density at radius 1 is 1.09 bits per heavy atom. The molecule has 0 saturated carbocycles. The van der Waals surface area contributed by atoms with Crippen LogP contribution in [-0.2, 0) is 14.3 Å². The number of rotatable bonds is 13. The number of carbonyl (C=O) groups is 2. The third-order valence-electron chi connectivity index (χ3n) is 3.52. The lowest BCUT2D eigenvalue weighted by atomic mass is 10.1. The maximum atomic E-state index is 11.9. The van der Waals surface area contributed by atoms with Crippen LogP contribution < -0.4 is 0 Å². The number of esters is 1. The van der Waals surface area contributed by atoms with E-state index in [1.54, 1.807) is 0 Å². The van der Waals surface area contributed by atoms with Crippen LogP contribution in [0.3, 0.4) is 0 Å². The summed E-state index contributed by atoms with van der Waals surface area (Å²) >= 11 is 0. The first-order valence-electron chi connectivity index (χ1n) is 8.53. The summed E-state index contributed by atoms with van der Waals surface area (Å²) in [5.41, 5.74) is 0. The first-order valence-corrected chi connectivity index (χ1v) is 8.53. The number of ether oxygens (including phenoxy) is 1. The molecule has 6 heteroatoms. The molecule has 0 saturated heterocycles. The predicted octanol–water partition coefficient (Wildman–Crippen LogP) is 2.19. The van der Waals surface area contributed by atoms with Crippen molar-refractivity contribution in [2.24, 2.45) is 0 Å². The number of unbranched alkanes of at least 4 members (excludes halogenated alkanes) is 3. The zero-order valence-corrected chi connectivity index (χ0v) is 15.1. The maximum Gasteiger partial charge on any atom is 0.307 e. The highest BCUT2D eigenvalue weighted by molar-refractivity contribution is 5.71. The fourth-order valence-electron chi connectivity index (χ4n) is 2.43. The molecular weight excluding hydrogens is 298 g/mol. The van der Waals surface area contributed by atoms with Crippen molar-refractivity contribution >= 4 is 11.9 Å². The van der Waals surface area contributed by atoms with Crippen LogP contribution in [0.1, 0.15) is 58.3 Å². The third-order valence-corrected chi connectivity index (χ3v) is 3.52. The Bertz CT molecular complexity index is 351. The van der Waals surface area contributed by atoms with Crippen LogP contribution in [0.4, 0.5) is 0 Å². The summed E-state index contributed by atoms with van der Waals surface area (Å²) in [5.74, 6) is -1.41. The minimum atomic E-state index is -0.979. The molecule has 0 aliphatic carbocycles. The molecule has 2 unspecified atom stereocenters. The second-order valence-corrected chi connectivity index (χ2v) is 7.22. The molecule has 136 valence electrons. The van der Waals surface area contributed by atoms with Crippen molar-refractivity contribution in [2.75, 3.05) is 27.7 Å². The van der Waals surface area contributed by atoms with E-state index in [1.807, 2.05) is 21.1 Å². The molecule has 2 atom stereocenters. The molecule has 0 spiro atoms. The molecule has 23 heavy (non-hydrogen) atoms. The van der Waals surface area contributed by atoms with Gasteiger partial charge in [-0.3, -0.25) is 9.59 Å². The summed E-state index contributed by atoms with van der Waals surface area (Å²) in [6, 6.07) is 0. The van der Waals surface area contributed by atoms with Gasteiger partial charge < -0.3 is 19.4 Å². The van der Waals surface area contributed by atoms with Gasteiger partial charge in [0.2, 0.25) is 0 Å². The number of aliphatic hydroxyl groups is 1. The zero-order chi connectivity index (χ0) is 17.9. The number of hydrogen-bond acceptors (Lipinski definition) is 4. The van der Waals surface area contributed by atoms with Gasteiger partial charge >= 0.3 is 11.9 Å². The Hall–Kier alpha value is -1.14. The van der Waals surface area contributed by atoms with Crippen LogP contribution in [0.2, 0.25) is 0 Å². The fraction of sp³-hybridized carbons (Fsp3) is 0.882. The van der Waals surface area contributed by atoms with Gasteiger partial charge in [0.15, 0.2) is 6.10 Å². The molecule has 6 nitrogen and oxygen atoms in total. The summed E-state index contributed by atoms with van der Waals surface area (Å²) in [6.07, 6.45) is 4.26. The maximum absolute atomic E-state index is 11.9. The molecule has 0 fully saturated rings. The molecule has 0 amide bonds. The van der Waals surface area contributed by atoms with E-state index < -0.39 is 24.1 Å². The Kier molecular flexibility index (Phi) is 10.8. The van der Waals surface area contributed by atoms with Gasteiger partial charge in [0.25, 0.3) is 0 Å². The first kappa shape index (κ1) is 21.9. The van der Waals surface area contributed by atoms with Crippen LogP contribution in [0.5, 0.6) is 0 Å². The van der Waals surface area contributed by atoms with Crippen molar-refractivity contribution in [2.45, 2.75) is 70.5 Å². The highest BCUT2D eigenvalue weighted by Gasteiger charge is 2.24. The van der Waals surface area contributed by atoms with E-state index in [4.69, 9.17) is 9.84 Å². The van der Waals surface area contributed by atoms with E-state index >= 15 is 0 Å². The highest BCUT2D eigenvalue weighted by Crippen LogP contribution is 2.12. The minimum absolute atomic E-state index is 0.127. The summed E-state index contributed by atoms with van der Waals surface area (Å²) in [6.45, 7) is 2.58.